The fourth-order valence-electron chi connectivity index (χ4n) is 1.46. The van der Waals surface area contributed by atoms with E-state index in [0.717, 1.165) is 10.6 Å². The first-order chi connectivity index (χ1) is 11.7. The molecule has 0 aliphatic rings. The molecule has 0 unspecified atom stereocenters. The van der Waals surface area contributed by atoms with Gasteiger partial charge in [0.1, 0.15) is 0 Å². The number of aliphatic hydroxyl groups is 2. The lowest BCUT2D eigenvalue weighted by Gasteiger charge is -2.35. The van der Waals surface area contributed by atoms with Gasteiger partial charge >= 0.3 is 23.7 Å². The number of carbonyl (C=O) groups excluding carboxylic acids is 2. The lowest BCUT2D eigenvalue weighted by atomic mass is 9.97. The Morgan fingerprint density at radius 3 is 1.15 bits per heavy atom. The van der Waals surface area contributed by atoms with Crippen molar-refractivity contribution in [3.05, 3.63) is 0 Å². The van der Waals surface area contributed by atoms with Crippen molar-refractivity contribution >= 4 is 11.8 Å². The Hall–Kier alpha value is -1.70. The average molecular weight is 404 g/mol. The molecule has 6 nitrogen and oxygen atoms in total. The van der Waals surface area contributed by atoms with E-state index in [1.54, 1.807) is 0 Å². The van der Waals surface area contributed by atoms with Crippen molar-refractivity contribution in [2.24, 2.45) is 0 Å². The molecule has 0 radical (unpaired) electrons. The van der Waals surface area contributed by atoms with Crippen molar-refractivity contribution in [2.75, 3.05) is 26.3 Å². The number of halogens is 8. The molecule has 0 rings (SSSR count). The molecule has 4 N–H and O–H groups in total. The minimum Gasteiger partial charge on any atom is -0.396 e. The highest BCUT2D eigenvalue weighted by Gasteiger charge is 2.84. The molecule has 0 saturated carbocycles. The molecule has 0 aliphatic heterocycles. The normalized spacial score (nSPS) is 13.5. The first-order valence-electron chi connectivity index (χ1n) is 7.01. The maximum atomic E-state index is 13.5. The highest BCUT2D eigenvalue weighted by Crippen LogP contribution is 2.52. The second-order valence-corrected chi connectivity index (χ2v) is 4.96. The maximum absolute atomic E-state index is 13.5. The van der Waals surface area contributed by atoms with Crippen LogP contribution in [0.25, 0.3) is 0 Å². The van der Waals surface area contributed by atoms with Gasteiger partial charge in [0.15, 0.2) is 0 Å². The molecule has 0 bridgehead atoms. The summed E-state index contributed by atoms with van der Waals surface area (Å²) in [5, 5.41) is 18.9. The Labute approximate surface area is 141 Å². The predicted octanol–water partition coefficient (Wildman–Crippen LogP) is 0.525. The van der Waals surface area contributed by atoms with Gasteiger partial charge in [-0.3, -0.25) is 9.59 Å². The number of carbonyl (C=O) groups is 2. The molecule has 0 atom stereocenters. The van der Waals surface area contributed by atoms with Gasteiger partial charge in [-0.1, -0.05) is 0 Å². The zero-order valence-electron chi connectivity index (χ0n) is 13.0. The van der Waals surface area contributed by atoms with Crippen LogP contribution in [0.2, 0.25) is 0 Å². The molecule has 154 valence electrons. The van der Waals surface area contributed by atoms with Crippen LogP contribution >= 0.6 is 0 Å². The highest BCUT2D eigenvalue weighted by atomic mass is 19.4. The smallest absolute Gasteiger partial charge is 0.392 e. The Kier molecular flexibility index (Phi) is 8.22. The quantitative estimate of drug-likeness (QED) is 0.298. The van der Waals surface area contributed by atoms with E-state index in [-0.39, 0.29) is 0 Å². The summed E-state index contributed by atoms with van der Waals surface area (Å²) in [5.74, 6) is -32.4. The van der Waals surface area contributed by atoms with Gasteiger partial charge < -0.3 is 20.8 Å². The SMILES string of the molecule is O=C(NCCCO)C(F)(F)C(F)(F)C(F)(F)C(F)(F)C(=O)NCCCO. The second kappa shape index (κ2) is 8.79. The number of alkyl halides is 8. The van der Waals surface area contributed by atoms with Gasteiger partial charge in [-0.25, -0.2) is 0 Å². The number of rotatable bonds is 11. The number of amides is 2. The van der Waals surface area contributed by atoms with Crippen molar-refractivity contribution < 1.29 is 54.9 Å². The number of hydrogen-bond acceptors (Lipinski definition) is 4. The summed E-state index contributed by atoms with van der Waals surface area (Å²) in [6.45, 7) is -2.95. The molecule has 0 aromatic heterocycles. The van der Waals surface area contributed by atoms with Crippen LogP contribution in [0, 0.1) is 0 Å². The first-order valence-corrected chi connectivity index (χ1v) is 7.01. The van der Waals surface area contributed by atoms with Gasteiger partial charge in [-0.15, -0.1) is 0 Å². The molecule has 0 aromatic rings. The molecule has 26 heavy (non-hydrogen) atoms. The fourth-order valence-corrected chi connectivity index (χ4v) is 1.46. The van der Waals surface area contributed by atoms with Gasteiger partial charge in [-0.2, -0.15) is 35.1 Å². The highest BCUT2D eigenvalue weighted by molar-refractivity contribution is 5.87. The topological polar surface area (TPSA) is 98.7 Å². The Balaban J connectivity index is 5.55. The molecule has 0 aliphatic carbocycles. The lowest BCUT2D eigenvalue weighted by molar-refractivity contribution is -0.347. The molecule has 14 heteroatoms. The molecule has 0 saturated heterocycles. The average Bonchev–Trinajstić information content (AvgIpc) is 2.54. The van der Waals surface area contributed by atoms with Crippen molar-refractivity contribution in [1.29, 1.82) is 0 Å². The predicted molar refractivity (Wildman–Crippen MR) is 69.2 cm³/mol. The van der Waals surface area contributed by atoms with E-state index in [0.29, 0.717) is 0 Å². The van der Waals surface area contributed by atoms with Crippen LogP contribution in [0.4, 0.5) is 35.1 Å². The summed E-state index contributed by atoms with van der Waals surface area (Å²) in [4.78, 5) is 22.0. The minimum absolute atomic E-state index is 0.396. The maximum Gasteiger partial charge on any atom is 0.392 e. The molecule has 0 heterocycles. The van der Waals surface area contributed by atoms with E-state index >= 15 is 0 Å². The van der Waals surface area contributed by atoms with Gasteiger partial charge in [0, 0.05) is 26.3 Å². The van der Waals surface area contributed by atoms with Crippen LogP contribution in [-0.2, 0) is 9.59 Å². The van der Waals surface area contributed by atoms with Gasteiger partial charge in [0.25, 0.3) is 11.8 Å². The van der Waals surface area contributed by atoms with Crippen LogP contribution < -0.4 is 10.6 Å². The molecule has 2 amide bonds. The van der Waals surface area contributed by atoms with E-state index < -0.39 is 74.6 Å². The van der Waals surface area contributed by atoms with Crippen molar-refractivity contribution in [2.45, 2.75) is 36.5 Å². The fraction of sp³-hybridized carbons (Fsp3) is 0.833. The number of hydrogen-bond donors (Lipinski definition) is 4. The Morgan fingerprint density at radius 1 is 0.654 bits per heavy atom. The summed E-state index contributed by atoms with van der Waals surface area (Å²) in [6, 6.07) is 0. The molecule has 0 aromatic carbocycles. The summed E-state index contributed by atoms with van der Waals surface area (Å²) >= 11 is 0. The van der Waals surface area contributed by atoms with E-state index in [9.17, 15) is 44.7 Å². The number of nitrogens with one attached hydrogen (secondary N) is 2. The molecular formula is C12H16F8N2O4. The van der Waals surface area contributed by atoms with Gasteiger partial charge in [0.2, 0.25) is 0 Å². The van der Waals surface area contributed by atoms with Crippen LogP contribution in [0.15, 0.2) is 0 Å². The number of aliphatic hydroxyl groups excluding tert-OH is 2. The van der Waals surface area contributed by atoms with Crippen LogP contribution in [0.1, 0.15) is 12.8 Å². The minimum atomic E-state index is -6.93. The third-order valence-electron chi connectivity index (χ3n) is 2.99. The molecule has 0 fully saturated rings. The zero-order chi connectivity index (χ0) is 20.8. The van der Waals surface area contributed by atoms with Gasteiger partial charge in [0.05, 0.1) is 0 Å². The monoisotopic (exact) mass is 404 g/mol. The lowest BCUT2D eigenvalue weighted by Crippen LogP contribution is -2.69. The summed E-state index contributed by atoms with van der Waals surface area (Å²) in [7, 11) is 0. The van der Waals surface area contributed by atoms with Crippen molar-refractivity contribution in [1.82, 2.24) is 10.6 Å². The van der Waals surface area contributed by atoms with Crippen LogP contribution in [0.5, 0.6) is 0 Å². The third kappa shape index (κ3) is 4.52. The van der Waals surface area contributed by atoms with E-state index in [4.69, 9.17) is 10.2 Å². The summed E-state index contributed by atoms with van der Waals surface area (Å²) in [5.41, 5.74) is 0. The summed E-state index contributed by atoms with van der Waals surface area (Å²) < 4.78 is 108. The van der Waals surface area contributed by atoms with E-state index in [1.165, 1.54) is 0 Å². The van der Waals surface area contributed by atoms with Crippen molar-refractivity contribution in [3.63, 3.8) is 0 Å². The van der Waals surface area contributed by atoms with Crippen LogP contribution in [-0.4, -0.2) is 72.0 Å². The van der Waals surface area contributed by atoms with E-state index in [1.807, 2.05) is 0 Å². The van der Waals surface area contributed by atoms with E-state index in [2.05, 4.69) is 0 Å². The van der Waals surface area contributed by atoms with Gasteiger partial charge in [-0.05, 0) is 12.8 Å². The largest absolute Gasteiger partial charge is 0.396 e. The molecular weight excluding hydrogens is 388 g/mol. The second-order valence-electron chi connectivity index (χ2n) is 4.96. The first kappa shape index (κ1) is 24.3. The molecule has 0 spiro atoms. The zero-order valence-corrected chi connectivity index (χ0v) is 13.0. The Bertz CT molecular complexity index is 458. The van der Waals surface area contributed by atoms with Crippen LogP contribution in [0.3, 0.4) is 0 Å². The van der Waals surface area contributed by atoms with Crippen molar-refractivity contribution in [3.8, 4) is 0 Å². The standard InChI is InChI=1S/C12H16F8N2O4/c13-9(14,7(25)21-3-1-5-23)11(17,18)12(19,20)10(15,16)8(26)22-4-2-6-24/h23-24H,1-6H2,(H,21,25)(H,22,26). The summed E-state index contributed by atoms with van der Waals surface area (Å²) in [6.07, 6.45) is -0.791. The third-order valence-corrected chi connectivity index (χ3v) is 2.99. The Morgan fingerprint density at radius 2 is 0.923 bits per heavy atom.